The van der Waals surface area contributed by atoms with E-state index in [0.717, 1.165) is 21.8 Å². The van der Waals surface area contributed by atoms with Gasteiger partial charge in [0, 0.05) is 25.0 Å². The normalized spacial score (nSPS) is 12.6. The maximum absolute atomic E-state index is 12.5. The zero-order valence-electron chi connectivity index (χ0n) is 17.6. The summed E-state index contributed by atoms with van der Waals surface area (Å²) in [4.78, 5) is 27.2. The summed E-state index contributed by atoms with van der Waals surface area (Å²) >= 11 is 1.34. The molecule has 31 heavy (non-hydrogen) atoms. The summed E-state index contributed by atoms with van der Waals surface area (Å²) in [6.07, 6.45) is 0.943. The Balaban J connectivity index is 1.63. The minimum absolute atomic E-state index is 0.170. The lowest BCUT2D eigenvalue weighted by Gasteiger charge is -2.26. The average Bonchev–Trinajstić information content (AvgIpc) is 3.13. The molecule has 2 heterocycles. The van der Waals surface area contributed by atoms with Crippen molar-refractivity contribution < 1.29 is 23.8 Å². The van der Waals surface area contributed by atoms with Gasteiger partial charge in [-0.25, -0.2) is 4.79 Å². The highest BCUT2D eigenvalue weighted by atomic mass is 32.1. The number of ether oxygens (including phenoxy) is 3. The number of nitrogens with zero attached hydrogens (tertiary/aromatic N) is 2. The van der Waals surface area contributed by atoms with Crippen LogP contribution in [0.25, 0.3) is 0 Å². The first-order chi connectivity index (χ1) is 15.1. The van der Waals surface area contributed by atoms with Crippen LogP contribution in [0.15, 0.2) is 24.3 Å². The summed E-state index contributed by atoms with van der Waals surface area (Å²) in [6.45, 7) is 1.36. The second-order valence-corrected chi connectivity index (χ2v) is 8.06. The van der Waals surface area contributed by atoms with Crippen molar-refractivity contribution in [2.75, 3.05) is 39.3 Å². The zero-order valence-corrected chi connectivity index (χ0v) is 18.4. The second kappa shape index (κ2) is 10.8. The Morgan fingerprint density at radius 1 is 1.26 bits per heavy atom. The first-order valence-electron chi connectivity index (χ1n) is 9.94. The molecule has 0 atom stereocenters. The molecule has 1 aromatic carbocycles. The van der Waals surface area contributed by atoms with Crippen LogP contribution in [-0.4, -0.2) is 50.9 Å². The number of fused-ring (bicyclic) bond motifs is 1. The van der Waals surface area contributed by atoms with Crippen LogP contribution in [-0.2, 0) is 33.7 Å². The van der Waals surface area contributed by atoms with E-state index in [0.29, 0.717) is 43.1 Å². The van der Waals surface area contributed by atoms with Crippen LogP contribution in [0.1, 0.15) is 28.0 Å². The number of nitriles is 1. The van der Waals surface area contributed by atoms with Gasteiger partial charge in [-0.3, -0.25) is 4.79 Å². The Morgan fingerprint density at radius 3 is 2.81 bits per heavy atom. The Hall–Kier alpha value is -3.09. The van der Waals surface area contributed by atoms with Gasteiger partial charge in [0.25, 0.3) is 0 Å². The molecule has 164 valence electrons. The van der Waals surface area contributed by atoms with E-state index in [1.165, 1.54) is 11.3 Å². The summed E-state index contributed by atoms with van der Waals surface area (Å²) in [7, 11) is 3.15. The van der Waals surface area contributed by atoms with Crippen molar-refractivity contribution in [1.29, 1.82) is 5.26 Å². The predicted molar refractivity (Wildman–Crippen MR) is 116 cm³/mol. The summed E-state index contributed by atoms with van der Waals surface area (Å²) in [5.41, 5.74) is 2.33. The van der Waals surface area contributed by atoms with Crippen LogP contribution in [0.4, 0.5) is 9.80 Å². The molecular weight excluding hydrogens is 418 g/mol. The van der Waals surface area contributed by atoms with Gasteiger partial charge < -0.3 is 24.4 Å². The number of hydrogen-bond donors (Lipinski definition) is 1. The lowest BCUT2D eigenvalue weighted by molar-refractivity contribution is -0.116. The molecule has 1 aliphatic rings. The molecule has 0 fully saturated rings. The molecule has 0 unspecified atom stereocenters. The minimum Gasteiger partial charge on any atom is -0.496 e. The molecule has 9 heteroatoms. The van der Waals surface area contributed by atoms with Crippen molar-refractivity contribution in [3.63, 3.8) is 0 Å². The maximum atomic E-state index is 12.5. The molecule has 3 rings (SSSR count). The number of rotatable bonds is 8. The van der Waals surface area contributed by atoms with E-state index in [4.69, 9.17) is 14.2 Å². The number of carbonyl (C=O) groups excluding carboxylic acids is 2. The largest absolute Gasteiger partial charge is 0.496 e. The predicted octanol–water partition coefficient (Wildman–Crippen LogP) is 3.34. The van der Waals surface area contributed by atoms with E-state index in [1.54, 1.807) is 19.1 Å². The fourth-order valence-electron chi connectivity index (χ4n) is 3.42. The monoisotopic (exact) mass is 443 g/mol. The average molecular weight is 444 g/mol. The number of hydrogen-bond acceptors (Lipinski definition) is 7. The molecule has 8 nitrogen and oxygen atoms in total. The van der Waals surface area contributed by atoms with E-state index in [9.17, 15) is 14.9 Å². The first-order valence-corrected chi connectivity index (χ1v) is 10.8. The maximum Gasteiger partial charge on any atom is 0.410 e. The van der Waals surface area contributed by atoms with Crippen molar-refractivity contribution in [3.05, 3.63) is 45.8 Å². The highest BCUT2D eigenvalue weighted by Gasteiger charge is 2.28. The van der Waals surface area contributed by atoms with Gasteiger partial charge in [-0.2, -0.15) is 5.26 Å². The summed E-state index contributed by atoms with van der Waals surface area (Å²) in [5.74, 6) is 0.578. The molecule has 0 spiro atoms. The van der Waals surface area contributed by atoms with Crippen molar-refractivity contribution in [1.82, 2.24) is 4.90 Å². The van der Waals surface area contributed by atoms with Gasteiger partial charge in [0.15, 0.2) is 0 Å². The van der Waals surface area contributed by atoms with Crippen molar-refractivity contribution in [2.45, 2.75) is 25.8 Å². The molecule has 2 amide bonds. The number of amides is 2. The molecule has 0 saturated carbocycles. The standard InChI is InChI=1S/C22H25N3O5S/c1-28-11-12-30-22(27)25-10-9-16-17(13-23)21(31-19(16)14-25)24-20(26)8-7-15-5-3-4-6-18(15)29-2/h3-6H,7-12,14H2,1-2H3,(H,24,26). The van der Waals surface area contributed by atoms with Crippen LogP contribution in [0.2, 0.25) is 0 Å². The van der Waals surface area contributed by atoms with Gasteiger partial charge in [0.2, 0.25) is 5.91 Å². The smallest absolute Gasteiger partial charge is 0.410 e. The molecule has 2 aromatic rings. The Bertz CT molecular complexity index is 982. The Labute approximate surface area is 185 Å². The molecular formula is C22H25N3O5S. The fourth-order valence-corrected chi connectivity index (χ4v) is 4.65. The van der Waals surface area contributed by atoms with Gasteiger partial charge in [-0.1, -0.05) is 18.2 Å². The van der Waals surface area contributed by atoms with Gasteiger partial charge in [-0.05, 0) is 30.0 Å². The molecule has 0 radical (unpaired) electrons. The molecule has 1 N–H and O–H groups in total. The third kappa shape index (κ3) is 5.54. The Morgan fingerprint density at radius 2 is 2.06 bits per heavy atom. The minimum atomic E-state index is -0.406. The van der Waals surface area contributed by atoms with Crippen LogP contribution >= 0.6 is 11.3 Å². The quantitative estimate of drug-likeness (QED) is 0.628. The number of nitrogens with one attached hydrogen (secondary N) is 1. The van der Waals surface area contributed by atoms with Gasteiger partial charge >= 0.3 is 6.09 Å². The first kappa shape index (κ1) is 22.6. The molecule has 1 aromatic heterocycles. The van der Waals surface area contributed by atoms with Crippen molar-refractivity contribution >= 4 is 28.3 Å². The third-order valence-electron chi connectivity index (χ3n) is 5.01. The highest BCUT2D eigenvalue weighted by molar-refractivity contribution is 7.16. The summed E-state index contributed by atoms with van der Waals surface area (Å²) in [5, 5.41) is 13.1. The van der Waals surface area contributed by atoms with E-state index in [2.05, 4.69) is 11.4 Å². The number of methoxy groups -OCH3 is 2. The second-order valence-electron chi connectivity index (χ2n) is 6.96. The van der Waals surface area contributed by atoms with Crippen molar-refractivity contribution in [2.24, 2.45) is 0 Å². The SMILES string of the molecule is COCCOC(=O)N1CCc2c(sc(NC(=O)CCc3ccccc3OC)c2C#N)C1. The van der Waals surface area contributed by atoms with E-state index >= 15 is 0 Å². The Kier molecular flexibility index (Phi) is 7.87. The molecule has 0 bridgehead atoms. The number of carbonyl (C=O) groups is 2. The van der Waals surface area contributed by atoms with Gasteiger partial charge in [0.1, 0.15) is 23.4 Å². The summed E-state index contributed by atoms with van der Waals surface area (Å²) in [6, 6.07) is 9.79. The number of aryl methyl sites for hydroxylation is 1. The van der Waals surface area contributed by atoms with Gasteiger partial charge in [-0.15, -0.1) is 11.3 Å². The van der Waals surface area contributed by atoms with Crippen LogP contribution in [0.5, 0.6) is 5.75 Å². The van der Waals surface area contributed by atoms with Crippen molar-refractivity contribution in [3.8, 4) is 11.8 Å². The summed E-state index contributed by atoms with van der Waals surface area (Å²) < 4.78 is 15.4. The fraction of sp³-hybridized carbons (Fsp3) is 0.409. The highest BCUT2D eigenvalue weighted by Crippen LogP contribution is 2.37. The number of anilines is 1. The zero-order chi connectivity index (χ0) is 22.2. The lowest BCUT2D eigenvalue weighted by atomic mass is 10.0. The van der Waals surface area contributed by atoms with Crippen LogP contribution in [0, 0.1) is 11.3 Å². The van der Waals surface area contributed by atoms with E-state index in [1.807, 2.05) is 24.3 Å². The number of thiophene rings is 1. The molecule has 0 saturated heterocycles. The topological polar surface area (TPSA) is 101 Å². The van der Waals surface area contributed by atoms with E-state index in [-0.39, 0.29) is 18.9 Å². The van der Waals surface area contributed by atoms with Gasteiger partial charge in [0.05, 0.1) is 25.8 Å². The van der Waals surface area contributed by atoms with Crippen LogP contribution < -0.4 is 10.1 Å². The lowest BCUT2D eigenvalue weighted by Crippen LogP contribution is -2.36. The molecule has 0 aliphatic carbocycles. The number of benzene rings is 1. The number of para-hydroxylation sites is 1. The van der Waals surface area contributed by atoms with Crippen LogP contribution in [0.3, 0.4) is 0 Å². The van der Waals surface area contributed by atoms with E-state index < -0.39 is 6.09 Å². The molecule has 1 aliphatic heterocycles. The third-order valence-corrected chi connectivity index (χ3v) is 6.14.